The smallest absolute Gasteiger partial charge is 0.132 e. The molecule has 0 aromatic carbocycles. The van der Waals surface area contributed by atoms with Crippen LogP contribution in [0, 0.1) is 11.3 Å². The lowest BCUT2D eigenvalue weighted by Gasteiger charge is -2.32. The van der Waals surface area contributed by atoms with Gasteiger partial charge in [-0.2, -0.15) is 0 Å². The van der Waals surface area contributed by atoms with Crippen molar-refractivity contribution in [1.82, 2.24) is 0 Å². The molecule has 0 radical (unpaired) electrons. The van der Waals surface area contributed by atoms with Crippen LogP contribution in [0.1, 0.15) is 93.4 Å². The van der Waals surface area contributed by atoms with Crippen molar-refractivity contribution < 1.29 is 4.79 Å². The summed E-state index contributed by atoms with van der Waals surface area (Å²) in [6.45, 7) is 15.3. The highest BCUT2D eigenvalue weighted by molar-refractivity contribution is 5.78. The number of ketones is 1. The molecular weight excluding hydrogens is 268 g/mol. The first-order valence-corrected chi connectivity index (χ1v) is 9.28. The predicted octanol–water partition coefficient (Wildman–Crippen LogP) is 6.88. The van der Waals surface area contributed by atoms with E-state index in [1.54, 1.807) is 0 Å². The molecule has 0 saturated heterocycles. The van der Waals surface area contributed by atoms with Gasteiger partial charge in [0.05, 0.1) is 0 Å². The van der Waals surface area contributed by atoms with Crippen LogP contribution in [0.15, 0.2) is 23.3 Å². The van der Waals surface area contributed by atoms with Crippen LogP contribution in [0.3, 0.4) is 0 Å². The Hall–Kier alpha value is -0.850. The van der Waals surface area contributed by atoms with Gasteiger partial charge in [0, 0.05) is 12.8 Å². The minimum absolute atomic E-state index is 0.239. The molecule has 0 fully saturated rings. The highest BCUT2D eigenvalue weighted by Crippen LogP contribution is 2.40. The summed E-state index contributed by atoms with van der Waals surface area (Å²) >= 11 is 0. The van der Waals surface area contributed by atoms with Gasteiger partial charge in [-0.15, -0.1) is 0 Å². The van der Waals surface area contributed by atoms with Gasteiger partial charge >= 0.3 is 0 Å². The summed E-state index contributed by atoms with van der Waals surface area (Å²) in [4.78, 5) is 11.5. The van der Waals surface area contributed by atoms with E-state index in [9.17, 15) is 4.79 Å². The van der Waals surface area contributed by atoms with Crippen LogP contribution in [0.2, 0.25) is 0 Å². The molecule has 0 amide bonds. The largest absolute Gasteiger partial charge is 0.300 e. The highest BCUT2D eigenvalue weighted by atomic mass is 16.1. The molecule has 1 aliphatic carbocycles. The monoisotopic (exact) mass is 306 g/mol. The number of hydrogen-bond acceptors (Lipinski definition) is 1. The maximum atomic E-state index is 11.5. The summed E-state index contributed by atoms with van der Waals surface area (Å²) in [7, 11) is 0. The lowest BCUT2D eigenvalue weighted by Crippen LogP contribution is -2.19. The molecule has 128 valence electrons. The molecule has 1 aliphatic rings. The standard InChI is InChI=1S/C19H32O.C2H6/c1-6-9-17(20)10-7-8-13-19(4,5)18-14-15(2)11-12-16(18)3;1-2/h12,14-15H,6-11,13H2,1-5H3;1-2H3. The molecule has 0 heterocycles. The third-order valence-electron chi connectivity index (χ3n) is 4.44. The zero-order valence-electron chi connectivity index (χ0n) is 16.1. The van der Waals surface area contributed by atoms with E-state index in [0.717, 1.165) is 32.1 Å². The lowest BCUT2D eigenvalue weighted by atomic mass is 9.73. The van der Waals surface area contributed by atoms with Gasteiger partial charge in [0.25, 0.3) is 0 Å². The van der Waals surface area contributed by atoms with Crippen LogP contribution in [-0.4, -0.2) is 5.78 Å². The van der Waals surface area contributed by atoms with E-state index in [-0.39, 0.29) is 5.41 Å². The first-order chi connectivity index (χ1) is 10.4. The predicted molar refractivity (Wildman–Crippen MR) is 99.1 cm³/mol. The van der Waals surface area contributed by atoms with Gasteiger partial charge in [-0.3, -0.25) is 4.79 Å². The molecule has 0 aliphatic heterocycles. The van der Waals surface area contributed by atoms with Crippen LogP contribution in [-0.2, 0) is 4.79 Å². The second-order valence-electron chi connectivity index (χ2n) is 7.06. The minimum Gasteiger partial charge on any atom is -0.300 e. The normalized spacial score (nSPS) is 18.0. The Balaban J connectivity index is 0.00000211. The summed E-state index contributed by atoms with van der Waals surface area (Å²) in [5.41, 5.74) is 3.22. The highest BCUT2D eigenvalue weighted by Gasteiger charge is 2.26. The molecule has 22 heavy (non-hydrogen) atoms. The van der Waals surface area contributed by atoms with Crippen molar-refractivity contribution in [3.05, 3.63) is 23.3 Å². The third kappa shape index (κ3) is 7.42. The topological polar surface area (TPSA) is 17.1 Å². The van der Waals surface area contributed by atoms with Crippen molar-refractivity contribution >= 4 is 5.78 Å². The first kappa shape index (κ1) is 21.1. The molecule has 1 atom stereocenters. The number of hydrogen-bond donors (Lipinski definition) is 0. The number of rotatable bonds is 8. The molecule has 1 nitrogen and oxygen atoms in total. The van der Waals surface area contributed by atoms with E-state index in [0.29, 0.717) is 11.7 Å². The maximum absolute atomic E-state index is 11.5. The first-order valence-electron chi connectivity index (χ1n) is 9.28. The van der Waals surface area contributed by atoms with Crippen molar-refractivity contribution in [1.29, 1.82) is 0 Å². The number of carbonyl (C=O) groups excluding carboxylic acids is 1. The Kier molecular flexibility index (Phi) is 10.4. The fourth-order valence-corrected chi connectivity index (χ4v) is 3.14. The fraction of sp³-hybridized carbons (Fsp3) is 0.762. The SMILES string of the molecule is CC.CCCC(=O)CCCCC(C)(C)C1=CC(C)CC=C1C. The molecule has 0 aromatic rings. The van der Waals surface area contributed by atoms with Crippen molar-refractivity contribution in [2.45, 2.75) is 93.4 Å². The number of Topliss-reactive ketones (excluding diaryl/α,β-unsaturated/α-hetero) is 1. The van der Waals surface area contributed by atoms with E-state index >= 15 is 0 Å². The van der Waals surface area contributed by atoms with E-state index < -0.39 is 0 Å². The molecule has 0 aromatic heterocycles. The lowest BCUT2D eigenvalue weighted by molar-refractivity contribution is -0.119. The van der Waals surface area contributed by atoms with Crippen LogP contribution in [0.25, 0.3) is 0 Å². The van der Waals surface area contributed by atoms with Crippen molar-refractivity contribution in [2.75, 3.05) is 0 Å². The zero-order valence-corrected chi connectivity index (χ0v) is 16.1. The van der Waals surface area contributed by atoms with Gasteiger partial charge in [-0.05, 0) is 49.5 Å². The average Bonchev–Trinajstić information content (AvgIpc) is 2.48. The summed E-state index contributed by atoms with van der Waals surface area (Å²) in [5, 5.41) is 0. The Morgan fingerprint density at radius 1 is 1.23 bits per heavy atom. The summed E-state index contributed by atoms with van der Waals surface area (Å²) in [6.07, 6.45) is 11.9. The van der Waals surface area contributed by atoms with E-state index in [1.165, 1.54) is 24.0 Å². The Bertz CT molecular complexity index is 385. The van der Waals surface area contributed by atoms with Crippen molar-refractivity contribution in [2.24, 2.45) is 11.3 Å². The van der Waals surface area contributed by atoms with Gasteiger partial charge in [-0.25, -0.2) is 0 Å². The van der Waals surface area contributed by atoms with Crippen LogP contribution in [0.5, 0.6) is 0 Å². The van der Waals surface area contributed by atoms with Gasteiger partial charge in [0.1, 0.15) is 5.78 Å². The molecule has 0 spiro atoms. The molecule has 0 saturated carbocycles. The van der Waals surface area contributed by atoms with Crippen molar-refractivity contribution in [3.8, 4) is 0 Å². The average molecular weight is 307 g/mol. The van der Waals surface area contributed by atoms with Gasteiger partial charge < -0.3 is 0 Å². The van der Waals surface area contributed by atoms with Gasteiger partial charge in [0.2, 0.25) is 0 Å². The second-order valence-corrected chi connectivity index (χ2v) is 7.06. The summed E-state index contributed by atoms with van der Waals surface area (Å²) in [6, 6.07) is 0. The van der Waals surface area contributed by atoms with Crippen molar-refractivity contribution in [3.63, 3.8) is 0 Å². The summed E-state index contributed by atoms with van der Waals surface area (Å²) in [5.74, 6) is 1.10. The van der Waals surface area contributed by atoms with Gasteiger partial charge in [-0.1, -0.05) is 65.7 Å². The van der Waals surface area contributed by atoms with E-state index in [2.05, 4.69) is 46.8 Å². The molecule has 0 N–H and O–H groups in total. The molecule has 1 unspecified atom stereocenters. The van der Waals surface area contributed by atoms with E-state index in [4.69, 9.17) is 0 Å². The fourth-order valence-electron chi connectivity index (χ4n) is 3.14. The number of allylic oxidation sites excluding steroid dienone is 4. The molecule has 1 rings (SSSR count). The Morgan fingerprint density at radius 3 is 2.45 bits per heavy atom. The van der Waals surface area contributed by atoms with Crippen LogP contribution < -0.4 is 0 Å². The number of unbranched alkanes of at least 4 members (excludes halogenated alkanes) is 1. The zero-order chi connectivity index (χ0) is 17.2. The number of carbonyl (C=O) groups is 1. The van der Waals surface area contributed by atoms with Crippen LogP contribution >= 0.6 is 0 Å². The molecule has 0 bridgehead atoms. The molecular formula is C21H38O. The Labute approximate surface area is 139 Å². The van der Waals surface area contributed by atoms with Gasteiger partial charge in [0.15, 0.2) is 0 Å². The second kappa shape index (κ2) is 10.8. The van der Waals surface area contributed by atoms with Crippen LogP contribution in [0.4, 0.5) is 0 Å². The third-order valence-corrected chi connectivity index (χ3v) is 4.44. The maximum Gasteiger partial charge on any atom is 0.132 e. The quantitative estimate of drug-likeness (QED) is 0.447. The minimum atomic E-state index is 0.239. The van der Waals surface area contributed by atoms with E-state index in [1.807, 2.05) is 13.8 Å². The Morgan fingerprint density at radius 2 is 1.86 bits per heavy atom. The molecule has 1 heteroatoms. The summed E-state index contributed by atoms with van der Waals surface area (Å²) < 4.78 is 0.